The maximum Gasteiger partial charge on any atom is 0.233 e. The van der Waals surface area contributed by atoms with Crippen molar-refractivity contribution in [3.8, 4) is 5.75 Å². The molecule has 2 aromatic carbocycles. The lowest BCUT2D eigenvalue weighted by Crippen LogP contribution is -2.27. The number of hydrogen-bond donors (Lipinski definition) is 1. The SMILES string of the molecule is COc1ccc(Nc2nnc(SCC(=O)N(C)Cc3ccc(N(C)C)cc3)s2)cc1. The number of nitrogens with zero attached hydrogens (tertiary/aromatic N) is 4. The number of nitrogens with one attached hydrogen (secondary N) is 1. The number of rotatable bonds is 9. The second-order valence-corrected chi connectivity index (χ2v) is 9.03. The molecule has 9 heteroatoms. The third kappa shape index (κ3) is 6.11. The van der Waals surface area contributed by atoms with E-state index in [1.165, 1.54) is 23.1 Å². The van der Waals surface area contributed by atoms with Gasteiger partial charge >= 0.3 is 0 Å². The summed E-state index contributed by atoms with van der Waals surface area (Å²) < 4.78 is 5.91. The Balaban J connectivity index is 1.48. The molecule has 0 aliphatic heterocycles. The molecule has 7 nitrogen and oxygen atoms in total. The molecule has 0 unspecified atom stereocenters. The van der Waals surface area contributed by atoms with Crippen LogP contribution < -0.4 is 15.0 Å². The molecule has 1 aromatic heterocycles. The van der Waals surface area contributed by atoms with E-state index in [9.17, 15) is 4.79 Å². The van der Waals surface area contributed by atoms with E-state index in [-0.39, 0.29) is 5.91 Å². The quantitative estimate of drug-likeness (QED) is 0.499. The Labute approximate surface area is 185 Å². The minimum Gasteiger partial charge on any atom is -0.497 e. The number of thioether (sulfide) groups is 1. The summed E-state index contributed by atoms with van der Waals surface area (Å²) in [5.41, 5.74) is 3.14. The smallest absolute Gasteiger partial charge is 0.233 e. The summed E-state index contributed by atoms with van der Waals surface area (Å²) in [7, 11) is 7.47. The third-order valence-corrected chi connectivity index (χ3v) is 6.32. The van der Waals surface area contributed by atoms with Gasteiger partial charge in [-0.05, 0) is 42.0 Å². The van der Waals surface area contributed by atoms with Crippen molar-refractivity contribution in [3.05, 3.63) is 54.1 Å². The first-order valence-electron chi connectivity index (χ1n) is 9.32. The lowest BCUT2D eigenvalue weighted by atomic mass is 10.2. The topological polar surface area (TPSA) is 70.6 Å². The molecule has 30 heavy (non-hydrogen) atoms. The first-order valence-corrected chi connectivity index (χ1v) is 11.1. The summed E-state index contributed by atoms with van der Waals surface area (Å²) in [6, 6.07) is 15.8. The van der Waals surface area contributed by atoms with Gasteiger partial charge in [-0.1, -0.05) is 35.2 Å². The zero-order chi connectivity index (χ0) is 21.5. The van der Waals surface area contributed by atoms with E-state index < -0.39 is 0 Å². The first kappa shape index (κ1) is 21.9. The van der Waals surface area contributed by atoms with Crippen molar-refractivity contribution in [3.63, 3.8) is 0 Å². The standard InChI is InChI=1S/C21H25N5O2S2/c1-25(2)17-9-5-15(6-10-17)13-26(3)19(27)14-29-21-24-23-20(30-21)22-16-7-11-18(28-4)12-8-16/h5-12H,13-14H2,1-4H3,(H,22,23). The summed E-state index contributed by atoms with van der Waals surface area (Å²) >= 11 is 2.82. The first-order chi connectivity index (χ1) is 14.4. The van der Waals surface area contributed by atoms with Gasteiger partial charge in [0.2, 0.25) is 11.0 Å². The highest BCUT2D eigenvalue weighted by Gasteiger charge is 2.13. The predicted molar refractivity (Wildman–Crippen MR) is 124 cm³/mol. The van der Waals surface area contributed by atoms with Crippen molar-refractivity contribution in [1.82, 2.24) is 15.1 Å². The van der Waals surface area contributed by atoms with E-state index in [0.717, 1.165) is 27.0 Å². The molecule has 0 aliphatic carbocycles. The Morgan fingerprint density at radius 2 is 1.77 bits per heavy atom. The van der Waals surface area contributed by atoms with Crippen molar-refractivity contribution >= 4 is 45.5 Å². The number of amides is 1. The highest BCUT2D eigenvalue weighted by molar-refractivity contribution is 8.01. The number of anilines is 3. The van der Waals surface area contributed by atoms with E-state index in [0.29, 0.717) is 17.4 Å². The van der Waals surface area contributed by atoms with Gasteiger partial charge in [0.25, 0.3) is 0 Å². The van der Waals surface area contributed by atoms with Crippen LogP contribution in [0.1, 0.15) is 5.56 Å². The Bertz CT molecular complexity index is 958. The lowest BCUT2D eigenvalue weighted by Gasteiger charge is -2.18. The number of hydrogen-bond acceptors (Lipinski definition) is 8. The van der Waals surface area contributed by atoms with Crippen molar-refractivity contribution in [2.24, 2.45) is 0 Å². The summed E-state index contributed by atoms with van der Waals surface area (Å²) in [6.45, 7) is 0.577. The van der Waals surface area contributed by atoms with Gasteiger partial charge in [0, 0.05) is 39.1 Å². The van der Waals surface area contributed by atoms with Crippen LogP contribution in [0.5, 0.6) is 5.75 Å². The fourth-order valence-corrected chi connectivity index (χ4v) is 4.32. The summed E-state index contributed by atoms with van der Waals surface area (Å²) in [6.07, 6.45) is 0. The monoisotopic (exact) mass is 443 g/mol. The van der Waals surface area contributed by atoms with Crippen molar-refractivity contribution in [1.29, 1.82) is 0 Å². The molecule has 0 spiro atoms. The van der Waals surface area contributed by atoms with Crippen LogP contribution in [0.4, 0.5) is 16.5 Å². The van der Waals surface area contributed by atoms with Gasteiger partial charge in [-0.15, -0.1) is 10.2 Å². The van der Waals surface area contributed by atoms with Gasteiger partial charge in [-0.3, -0.25) is 4.79 Å². The Hall–Kier alpha value is -2.78. The number of methoxy groups -OCH3 is 1. The van der Waals surface area contributed by atoms with Crippen LogP contribution in [0.3, 0.4) is 0 Å². The van der Waals surface area contributed by atoms with Crippen molar-refractivity contribution < 1.29 is 9.53 Å². The number of benzene rings is 2. The molecule has 0 saturated carbocycles. The van der Waals surface area contributed by atoms with Gasteiger partial charge in [-0.25, -0.2) is 0 Å². The molecule has 1 N–H and O–H groups in total. The van der Waals surface area contributed by atoms with E-state index >= 15 is 0 Å². The molecule has 0 saturated heterocycles. The minimum atomic E-state index is 0.0524. The number of carbonyl (C=O) groups excluding carboxylic acids is 1. The van der Waals surface area contributed by atoms with Gasteiger partial charge in [0.1, 0.15) is 5.75 Å². The molecule has 3 aromatic rings. The van der Waals surface area contributed by atoms with Gasteiger partial charge in [0.05, 0.1) is 12.9 Å². The molecule has 0 bridgehead atoms. The zero-order valence-electron chi connectivity index (χ0n) is 17.5. The maximum absolute atomic E-state index is 12.5. The number of carbonyl (C=O) groups is 1. The fraction of sp³-hybridized carbons (Fsp3) is 0.286. The molecule has 1 amide bonds. The van der Waals surface area contributed by atoms with E-state index in [1.54, 1.807) is 12.0 Å². The molecule has 1 heterocycles. The molecular weight excluding hydrogens is 418 g/mol. The Morgan fingerprint density at radius 3 is 2.40 bits per heavy atom. The van der Waals surface area contributed by atoms with Crippen LogP contribution in [0.15, 0.2) is 52.9 Å². The summed E-state index contributed by atoms with van der Waals surface area (Å²) in [4.78, 5) is 16.3. The molecule has 0 radical (unpaired) electrons. The summed E-state index contributed by atoms with van der Waals surface area (Å²) in [5, 5.41) is 12.2. The van der Waals surface area contributed by atoms with Crippen LogP contribution in [0.2, 0.25) is 0 Å². The molecule has 0 fully saturated rings. The molecule has 0 atom stereocenters. The van der Waals surface area contributed by atoms with Crippen LogP contribution >= 0.6 is 23.1 Å². The maximum atomic E-state index is 12.5. The van der Waals surface area contributed by atoms with Crippen LogP contribution in [0, 0.1) is 0 Å². The Kier molecular flexibility index (Phi) is 7.53. The van der Waals surface area contributed by atoms with Crippen molar-refractivity contribution in [2.45, 2.75) is 10.9 Å². The van der Waals surface area contributed by atoms with E-state index in [4.69, 9.17) is 4.74 Å². The van der Waals surface area contributed by atoms with E-state index in [2.05, 4.69) is 32.5 Å². The second kappa shape index (κ2) is 10.3. The van der Waals surface area contributed by atoms with Crippen LogP contribution in [0.25, 0.3) is 0 Å². The highest BCUT2D eigenvalue weighted by Crippen LogP contribution is 2.28. The highest BCUT2D eigenvalue weighted by atomic mass is 32.2. The lowest BCUT2D eigenvalue weighted by molar-refractivity contribution is -0.127. The zero-order valence-corrected chi connectivity index (χ0v) is 19.1. The van der Waals surface area contributed by atoms with Crippen LogP contribution in [-0.4, -0.2) is 55.0 Å². The molecule has 3 rings (SSSR count). The molecule has 0 aliphatic rings. The third-order valence-electron chi connectivity index (χ3n) is 4.37. The normalized spacial score (nSPS) is 10.5. The summed E-state index contributed by atoms with van der Waals surface area (Å²) in [5.74, 6) is 1.17. The van der Waals surface area contributed by atoms with E-state index in [1.807, 2.05) is 57.5 Å². The van der Waals surface area contributed by atoms with Gasteiger partial charge in [0.15, 0.2) is 4.34 Å². The minimum absolute atomic E-state index is 0.0524. The van der Waals surface area contributed by atoms with Crippen molar-refractivity contribution in [2.75, 3.05) is 44.2 Å². The van der Waals surface area contributed by atoms with Gasteiger partial charge < -0.3 is 19.9 Å². The number of aromatic nitrogens is 2. The molecule has 158 valence electrons. The van der Waals surface area contributed by atoms with Crippen LogP contribution in [-0.2, 0) is 11.3 Å². The predicted octanol–water partition coefficient (Wildman–Crippen LogP) is 4.11. The largest absolute Gasteiger partial charge is 0.497 e. The fourth-order valence-electron chi connectivity index (χ4n) is 2.61. The number of ether oxygens (including phenoxy) is 1. The second-order valence-electron chi connectivity index (χ2n) is 6.83. The Morgan fingerprint density at radius 1 is 1.07 bits per heavy atom. The molecular formula is C21H25N5O2S2. The average Bonchev–Trinajstić information content (AvgIpc) is 3.20. The average molecular weight is 444 g/mol. The van der Waals surface area contributed by atoms with Gasteiger partial charge in [-0.2, -0.15) is 0 Å².